The van der Waals surface area contributed by atoms with E-state index in [9.17, 15) is 9.18 Å². The molecule has 140 valence electrons. The Balaban J connectivity index is 1.59. The van der Waals surface area contributed by atoms with Crippen molar-refractivity contribution in [2.24, 2.45) is 0 Å². The number of carbonyl (C=O) groups is 1. The predicted octanol–water partition coefficient (Wildman–Crippen LogP) is 4.87. The number of halogens is 1. The van der Waals surface area contributed by atoms with Crippen LogP contribution >= 0.6 is 11.3 Å². The van der Waals surface area contributed by atoms with E-state index in [1.54, 1.807) is 49.6 Å². The van der Waals surface area contributed by atoms with Gasteiger partial charge in [0.25, 0.3) is 11.8 Å². The molecule has 4 aromatic rings. The molecule has 0 unspecified atom stereocenters. The van der Waals surface area contributed by atoms with Gasteiger partial charge in [0.05, 0.1) is 12.8 Å². The summed E-state index contributed by atoms with van der Waals surface area (Å²) in [5, 5.41) is 8.56. The molecule has 0 spiro atoms. The third-order valence-electron chi connectivity index (χ3n) is 3.95. The molecule has 1 N–H and O–H groups in total. The second-order valence-electron chi connectivity index (χ2n) is 5.78. The van der Waals surface area contributed by atoms with Gasteiger partial charge in [-0.05, 0) is 41.8 Å². The van der Waals surface area contributed by atoms with Gasteiger partial charge in [0.2, 0.25) is 5.82 Å². The van der Waals surface area contributed by atoms with Crippen molar-refractivity contribution < 1.29 is 18.4 Å². The minimum absolute atomic E-state index is 0.246. The fourth-order valence-electron chi connectivity index (χ4n) is 2.59. The number of amides is 1. The van der Waals surface area contributed by atoms with Gasteiger partial charge in [-0.25, -0.2) is 4.39 Å². The number of aromatic nitrogens is 2. The van der Waals surface area contributed by atoms with Crippen LogP contribution < -0.4 is 10.1 Å². The van der Waals surface area contributed by atoms with Crippen molar-refractivity contribution in [1.82, 2.24) is 10.1 Å². The average molecular weight is 395 g/mol. The van der Waals surface area contributed by atoms with Gasteiger partial charge in [0, 0.05) is 11.1 Å². The Morgan fingerprint density at radius 1 is 1.18 bits per heavy atom. The molecule has 28 heavy (non-hydrogen) atoms. The summed E-state index contributed by atoms with van der Waals surface area (Å²) in [6.07, 6.45) is 0. The van der Waals surface area contributed by atoms with Crippen LogP contribution in [0.3, 0.4) is 0 Å². The number of rotatable bonds is 5. The maximum atomic E-state index is 13.4. The zero-order valence-electron chi connectivity index (χ0n) is 14.7. The quantitative estimate of drug-likeness (QED) is 0.522. The number of benzene rings is 2. The lowest BCUT2D eigenvalue weighted by molar-refractivity contribution is 0.102. The second-order valence-corrected chi connectivity index (χ2v) is 6.70. The summed E-state index contributed by atoms with van der Waals surface area (Å²) in [6.45, 7) is 0. The van der Waals surface area contributed by atoms with Crippen LogP contribution in [-0.2, 0) is 0 Å². The Bertz CT molecular complexity index is 1140. The molecule has 0 radical (unpaired) electrons. The standard InChI is InChI=1S/C20H14FN3O3S/c1-26-15-7-3-5-13(11-15)19(25)22-16-8-9-28-17(16)20-23-18(24-27-20)12-4-2-6-14(21)10-12/h2-11H,1H3,(H,22,25). The summed E-state index contributed by atoms with van der Waals surface area (Å²) in [4.78, 5) is 17.5. The average Bonchev–Trinajstić information content (AvgIpc) is 3.37. The number of nitrogens with one attached hydrogen (secondary N) is 1. The summed E-state index contributed by atoms with van der Waals surface area (Å²) in [5.41, 5.74) is 1.52. The fourth-order valence-corrected chi connectivity index (χ4v) is 3.36. The molecule has 8 heteroatoms. The highest BCUT2D eigenvalue weighted by atomic mass is 32.1. The molecule has 4 rings (SSSR count). The molecular weight excluding hydrogens is 381 g/mol. The normalized spacial score (nSPS) is 10.6. The number of methoxy groups -OCH3 is 1. The first-order valence-corrected chi connectivity index (χ1v) is 9.15. The topological polar surface area (TPSA) is 77.2 Å². The maximum absolute atomic E-state index is 13.4. The summed E-state index contributed by atoms with van der Waals surface area (Å²) in [5.74, 6) is 0.438. The van der Waals surface area contributed by atoms with Gasteiger partial charge in [-0.1, -0.05) is 23.4 Å². The van der Waals surface area contributed by atoms with Gasteiger partial charge >= 0.3 is 0 Å². The molecule has 0 saturated carbocycles. The van der Waals surface area contributed by atoms with Gasteiger partial charge in [-0.3, -0.25) is 4.79 Å². The smallest absolute Gasteiger partial charge is 0.270 e. The third-order valence-corrected chi connectivity index (χ3v) is 4.85. The van der Waals surface area contributed by atoms with Gasteiger partial charge in [0.1, 0.15) is 16.4 Å². The molecule has 2 aromatic carbocycles. The van der Waals surface area contributed by atoms with Crippen LogP contribution in [0.1, 0.15) is 10.4 Å². The van der Waals surface area contributed by atoms with Gasteiger partial charge in [-0.2, -0.15) is 4.98 Å². The molecule has 2 heterocycles. The Labute approximate surface area is 163 Å². The minimum atomic E-state index is -0.383. The first kappa shape index (κ1) is 17.9. The lowest BCUT2D eigenvalue weighted by Gasteiger charge is -2.06. The van der Waals surface area contributed by atoms with Gasteiger partial charge in [-0.15, -0.1) is 11.3 Å². The van der Waals surface area contributed by atoms with E-state index in [0.717, 1.165) is 0 Å². The van der Waals surface area contributed by atoms with Crippen molar-refractivity contribution in [3.05, 3.63) is 71.4 Å². The number of nitrogens with zero attached hydrogens (tertiary/aromatic N) is 2. The van der Waals surface area contributed by atoms with E-state index in [0.29, 0.717) is 27.4 Å². The Kier molecular flexibility index (Phi) is 4.86. The fraction of sp³-hybridized carbons (Fsp3) is 0.0500. The van der Waals surface area contributed by atoms with Crippen LogP contribution in [0.15, 0.2) is 64.5 Å². The molecule has 1 amide bonds. The maximum Gasteiger partial charge on any atom is 0.270 e. The van der Waals surface area contributed by atoms with E-state index in [1.165, 1.54) is 23.5 Å². The van der Waals surface area contributed by atoms with E-state index in [2.05, 4.69) is 15.5 Å². The largest absolute Gasteiger partial charge is 0.497 e. The highest BCUT2D eigenvalue weighted by Crippen LogP contribution is 2.34. The van der Waals surface area contributed by atoms with Crippen molar-refractivity contribution >= 4 is 22.9 Å². The summed E-state index contributed by atoms with van der Waals surface area (Å²) in [7, 11) is 1.54. The molecule has 0 aliphatic heterocycles. The monoisotopic (exact) mass is 395 g/mol. The van der Waals surface area contributed by atoms with E-state index in [-0.39, 0.29) is 23.4 Å². The highest BCUT2D eigenvalue weighted by Gasteiger charge is 2.18. The van der Waals surface area contributed by atoms with Crippen molar-refractivity contribution in [2.75, 3.05) is 12.4 Å². The number of hydrogen-bond acceptors (Lipinski definition) is 6. The van der Waals surface area contributed by atoms with Crippen LogP contribution in [0.2, 0.25) is 0 Å². The summed E-state index contributed by atoms with van der Waals surface area (Å²) < 4.78 is 23.9. The van der Waals surface area contributed by atoms with Crippen molar-refractivity contribution in [3.63, 3.8) is 0 Å². The molecular formula is C20H14FN3O3S. The van der Waals surface area contributed by atoms with Gasteiger partial charge in [0.15, 0.2) is 0 Å². The minimum Gasteiger partial charge on any atom is -0.497 e. The highest BCUT2D eigenvalue weighted by molar-refractivity contribution is 7.14. The van der Waals surface area contributed by atoms with Gasteiger partial charge < -0.3 is 14.6 Å². The first-order valence-electron chi connectivity index (χ1n) is 8.27. The molecule has 0 aliphatic carbocycles. The van der Waals surface area contributed by atoms with Crippen molar-refractivity contribution in [3.8, 4) is 27.9 Å². The van der Waals surface area contributed by atoms with Crippen molar-refractivity contribution in [1.29, 1.82) is 0 Å². The van der Waals surface area contributed by atoms with Crippen LogP contribution in [-0.4, -0.2) is 23.2 Å². The van der Waals surface area contributed by atoms with Crippen molar-refractivity contribution in [2.45, 2.75) is 0 Å². The summed E-state index contributed by atoms with van der Waals surface area (Å²) in [6, 6.07) is 14.5. The van der Waals surface area contributed by atoms with E-state index in [4.69, 9.17) is 9.26 Å². The predicted molar refractivity (Wildman–Crippen MR) is 104 cm³/mol. The Morgan fingerprint density at radius 2 is 2.04 bits per heavy atom. The zero-order valence-corrected chi connectivity index (χ0v) is 15.5. The molecule has 0 atom stereocenters. The molecule has 0 saturated heterocycles. The molecule has 0 fully saturated rings. The third kappa shape index (κ3) is 3.63. The van der Waals surface area contributed by atoms with E-state index in [1.807, 2.05) is 5.38 Å². The van der Waals surface area contributed by atoms with Crippen LogP contribution in [0.25, 0.3) is 22.2 Å². The molecule has 6 nitrogen and oxygen atoms in total. The molecule has 2 aromatic heterocycles. The van der Waals surface area contributed by atoms with Crippen LogP contribution in [0, 0.1) is 5.82 Å². The number of anilines is 1. The SMILES string of the molecule is COc1cccc(C(=O)Nc2ccsc2-c2nc(-c3cccc(F)c3)no2)c1. The van der Waals surface area contributed by atoms with E-state index >= 15 is 0 Å². The number of ether oxygens (including phenoxy) is 1. The lowest BCUT2D eigenvalue weighted by atomic mass is 10.2. The summed E-state index contributed by atoms with van der Waals surface area (Å²) >= 11 is 1.35. The second kappa shape index (κ2) is 7.61. The molecule has 0 bridgehead atoms. The zero-order chi connectivity index (χ0) is 19.5. The molecule has 0 aliphatic rings. The first-order chi connectivity index (χ1) is 13.6. The number of carbonyl (C=O) groups excluding carboxylic acids is 1. The van der Waals surface area contributed by atoms with E-state index < -0.39 is 0 Å². The van der Waals surface area contributed by atoms with Crippen LogP contribution in [0.4, 0.5) is 10.1 Å². The Hall–Kier alpha value is -3.52. The lowest BCUT2D eigenvalue weighted by Crippen LogP contribution is -2.11. The Morgan fingerprint density at radius 3 is 2.86 bits per heavy atom. The number of hydrogen-bond donors (Lipinski definition) is 1. The van der Waals surface area contributed by atoms with Crippen LogP contribution in [0.5, 0.6) is 5.75 Å². The number of thiophene rings is 1.